The summed E-state index contributed by atoms with van der Waals surface area (Å²) in [6.45, 7) is 5.92. The van der Waals surface area contributed by atoms with Gasteiger partial charge in [0.15, 0.2) is 0 Å². The molecule has 1 rings (SSSR count). The summed E-state index contributed by atoms with van der Waals surface area (Å²) in [6, 6.07) is 4.55. The molecule has 1 aromatic rings. The minimum Gasteiger partial charge on any atom is -0.495 e. The maximum absolute atomic E-state index is 12.4. The van der Waals surface area contributed by atoms with Crippen LogP contribution in [0.25, 0.3) is 0 Å². The van der Waals surface area contributed by atoms with Gasteiger partial charge in [0.1, 0.15) is 10.6 Å². The predicted molar refractivity (Wildman–Crippen MR) is 72.0 cm³/mol. The lowest BCUT2D eigenvalue weighted by Crippen LogP contribution is -2.31. The number of hydrogen-bond acceptors (Lipinski definition) is 4. The van der Waals surface area contributed by atoms with Crippen molar-refractivity contribution < 1.29 is 13.2 Å². The van der Waals surface area contributed by atoms with Crippen LogP contribution < -0.4 is 10.5 Å². The highest BCUT2D eigenvalue weighted by Gasteiger charge is 2.25. The van der Waals surface area contributed by atoms with E-state index < -0.39 is 10.0 Å². The molecule has 0 bridgehead atoms. The number of benzene rings is 1. The van der Waals surface area contributed by atoms with Crippen LogP contribution in [0, 0.1) is 0 Å². The Hall–Kier alpha value is -1.53. The van der Waals surface area contributed by atoms with Gasteiger partial charge in [-0.2, -0.15) is 4.31 Å². The maximum Gasteiger partial charge on any atom is 0.247 e. The lowest BCUT2D eigenvalue weighted by Gasteiger charge is -2.20. The first-order chi connectivity index (χ1) is 8.47. The average Bonchev–Trinajstić information content (AvgIpc) is 2.35. The zero-order valence-electron chi connectivity index (χ0n) is 10.6. The molecule has 0 fully saturated rings. The molecule has 0 saturated heterocycles. The summed E-state index contributed by atoms with van der Waals surface area (Å²) in [5.74, 6) is 0.284. The van der Waals surface area contributed by atoms with E-state index in [0.717, 1.165) is 0 Å². The van der Waals surface area contributed by atoms with E-state index >= 15 is 0 Å². The first-order valence-electron chi connectivity index (χ1n) is 5.52. The van der Waals surface area contributed by atoms with Crippen LogP contribution in [0.3, 0.4) is 0 Å². The summed E-state index contributed by atoms with van der Waals surface area (Å²) in [5, 5.41) is 0. The molecule has 18 heavy (non-hydrogen) atoms. The lowest BCUT2D eigenvalue weighted by molar-refractivity contribution is 0.397. The van der Waals surface area contributed by atoms with Crippen molar-refractivity contribution in [2.45, 2.75) is 11.8 Å². The first kappa shape index (κ1) is 14.5. The van der Waals surface area contributed by atoms with Gasteiger partial charge in [-0.3, -0.25) is 0 Å². The van der Waals surface area contributed by atoms with E-state index in [1.165, 1.54) is 17.5 Å². The average molecular weight is 270 g/mol. The molecule has 1 aromatic carbocycles. The summed E-state index contributed by atoms with van der Waals surface area (Å²) in [6.07, 6.45) is 1.54. The summed E-state index contributed by atoms with van der Waals surface area (Å²) in [5.41, 5.74) is 6.01. The third-order valence-electron chi connectivity index (χ3n) is 2.49. The number of likely N-dealkylation sites (N-methyl/N-ethyl adjacent to an activating group) is 1. The van der Waals surface area contributed by atoms with Gasteiger partial charge in [-0.25, -0.2) is 8.42 Å². The van der Waals surface area contributed by atoms with Crippen molar-refractivity contribution in [3.05, 3.63) is 30.9 Å². The zero-order chi connectivity index (χ0) is 13.8. The van der Waals surface area contributed by atoms with Crippen LogP contribution in [0.1, 0.15) is 6.92 Å². The summed E-state index contributed by atoms with van der Waals surface area (Å²) in [4.78, 5) is 0.0775. The van der Waals surface area contributed by atoms with E-state index in [1.54, 1.807) is 25.1 Å². The highest BCUT2D eigenvalue weighted by atomic mass is 32.2. The number of methoxy groups -OCH3 is 1. The second-order valence-electron chi connectivity index (χ2n) is 3.65. The van der Waals surface area contributed by atoms with E-state index in [2.05, 4.69) is 6.58 Å². The Kier molecular flexibility index (Phi) is 4.75. The summed E-state index contributed by atoms with van der Waals surface area (Å²) < 4.78 is 31.2. The normalized spacial score (nSPS) is 11.5. The Morgan fingerprint density at radius 2 is 2.17 bits per heavy atom. The number of sulfonamides is 1. The van der Waals surface area contributed by atoms with E-state index in [-0.39, 0.29) is 17.2 Å². The smallest absolute Gasteiger partial charge is 0.247 e. The molecule has 0 unspecified atom stereocenters. The second kappa shape index (κ2) is 5.88. The van der Waals surface area contributed by atoms with Gasteiger partial charge >= 0.3 is 0 Å². The zero-order valence-corrected chi connectivity index (χ0v) is 11.4. The van der Waals surface area contributed by atoms with Gasteiger partial charge < -0.3 is 10.5 Å². The van der Waals surface area contributed by atoms with Crippen LogP contribution in [-0.2, 0) is 10.0 Å². The molecule has 2 N–H and O–H groups in total. The Bertz CT molecular complexity index is 526. The van der Waals surface area contributed by atoms with E-state index in [9.17, 15) is 8.42 Å². The minimum atomic E-state index is -3.62. The molecule has 0 heterocycles. The van der Waals surface area contributed by atoms with Crippen molar-refractivity contribution in [2.24, 2.45) is 0 Å². The Morgan fingerprint density at radius 1 is 1.50 bits per heavy atom. The minimum absolute atomic E-state index is 0.0775. The SMILES string of the molecule is C=CCN(CC)S(=O)(=O)c1cc(N)ccc1OC. The van der Waals surface area contributed by atoms with Gasteiger partial charge in [-0.1, -0.05) is 13.0 Å². The molecule has 0 aliphatic rings. The molecule has 0 radical (unpaired) electrons. The van der Waals surface area contributed by atoms with Gasteiger partial charge in [0, 0.05) is 18.8 Å². The molecule has 6 heteroatoms. The van der Waals surface area contributed by atoms with E-state index in [1.807, 2.05) is 0 Å². The van der Waals surface area contributed by atoms with Crippen LogP contribution in [0.4, 0.5) is 5.69 Å². The fourth-order valence-corrected chi connectivity index (χ4v) is 3.19. The number of nitrogen functional groups attached to an aromatic ring is 1. The van der Waals surface area contributed by atoms with Crippen molar-refractivity contribution in [1.29, 1.82) is 0 Å². The van der Waals surface area contributed by atoms with Crippen molar-refractivity contribution in [1.82, 2.24) is 4.31 Å². The number of ether oxygens (including phenoxy) is 1. The Labute approximate surface area is 108 Å². The number of rotatable bonds is 6. The first-order valence-corrected chi connectivity index (χ1v) is 6.96. The van der Waals surface area contributed by atoms with Gasteiger partial charge in [-0.15, -0.1) is 6.58 Å². The largest absolute Gasteiger partial charge is 0.495 e. The van der Waals surface area contributed by atoms with Gasteiger partial charge in [0.05, 0.1) is 7.11 Å². The lowest BCUT2D eigenvalue weighted by atomic mass is 10.3. The molecule has 0 aromatic heterocycles. The van der Waals surface area contributed by atoms with Crippen LogP contribution in [0.2, 0.25) is 0 Å². The second-order valence-corrected chi connectivity index (χ2v) is 5.56. The van der Waals surface area contributed by atoms with Gasteiger partial charge in [-0.05, 0) is 18.2 Å². The predicted octanol–water partition coefficient (Wildman–Crippen LogP) is 1.47. The topological polar surface area (TPSA) is 72.6 Å². The number of hydrogen-bond donors (Lipinski definition) is 1. The monoisotopic (exact) mass is 270 g/mol. The quantitative estimate of drug-likeness (QED) is 0.627. The molecule has 100 valence electrons. The van der Waals surface area contributed by atoms with Crippen LogP contribution in [-0.4, -0.2) is 32.9 Å². The standard InChI is InChI=1S/C12H18N2O3S/c1-4-8-14(5-2)18(15,16)12-9-10(13)6-7-11(12)17-3/h4,6-7,9H,1,5,8,13H2,2-3H3. The molecular weight excluding hydrogens is 252 g/mol. The maximum atomic E-state index is 12.4. The summed E-state index contributed by atoms with van der Waals surface area (Å²) >= 11 is 0. The molecule has 5 nitrogen and oxygen atoms in total. The van der Waals surface area contributed by atoms with E-state index in [4.69, 9.17) is 10.5 Å². The fraction of sp³-hybridized carbons (Fsp3) is 0.333. The summed E-state index contributed by atoms with van der Waals surface area (Å²) in [7, 11) is -2.20. The van der Waals surface area contributed by atoms with E-state index in [0.29, 0.717) is 12.2 Å². The number of nitrogens with two attached hydrogens (primary N) is 1. The number of anilines is 1. The molecule has 0 saturated carbocycles. The van der Waals surface area contributed by atoms with Gasteiger partial charge in [0.2, 0.25) is 10.0 Å². The molecular formula is C12H18N2O3S. The third kappa shape index (κ3) is 2.83. The van der Waals surface area contributed by atoms with Crippen LogP contribution >= 0.6 is 0 Å². The fourth-order valence-electron chi connectivity index (χ4n) is 1.58. The number of nitrogens with zero attached hydrogens (tertiary/aromatic N) is 1. The van der Waals surface area contributed by atoms with Crippen LogP contribution in [0.5, 0.6) is 5.75 Å². The highest BCUT2D eigenvalue weighted by Crippen LogP contribution is 2.28. The van der Waals surface area contributed by atoms with Crippen molar-refractivity contribution >= 4 is 15.7 Å². The third-order valence-corrected chi connectivity index (χ3v) is 4.45. The van der Waals surface area contributed by atoms with Crippen LogP contribution in [0.15, 0.2) is 35.7 Å². The molecule has 0 atom stereocenters. The highest BCUT2D eigenvalue weighted by molar-refractivity contribution is 7.89. The molecule has 0 spiro atoms. The Morgan fingerprint density at radius 3 is 2.67 bits per heavy atom. The van der Waals surface area contributed by atoms with Crippen molar-refractivity contribution in [3.8, 4) is 5.75 Å². The van der Waals surface area contributed by atoms with Gasteiger partial charge in [0.25, 0.3) is 0 Å². The molecule has 0 aliphatic heterocycles. The molecule has 0 amide bonds. The molecule has 0 aliphatic carbocycles. The Balaban J connectivity index is 3.34. The van der Waals surface area contributed by atoms with Crippen molar-refractivity contribution in [2.75, 3.05) is 25.9 Å². The van der Waals surface area contributed by atoms with Crippen molar-refractivity contribution in [3.63, 3.8) is 0 Å².